The number of carbonyl (C=O) groups excluding carboxylic acids is 1. The van der Waals surface area contributed by atoms with Crippen molar-refractivity contribution >= 4 is 17.1 Å². The van der Waals surface area contributed by atoms with Crippen molar-refractivity contribution in [2.75, 3.05) is 19.7 Å². The van der Waals surface area contributed by atoms with Gasteiger partial charge in [0, 0.05) is 25.7 Å². The molecule has 0 aromatic rings. The maximum atomic E-state index is 11.6. The van der Waals surface area contributed by atoms with Crippen molar-refractivity contribution in [1.29, 1.82) is 0 Å². The summed E-state index contributed by atoms with van der Waals surface area (Å²) in [5.41, 5.74) is 0. The molecule has 1 aliphatic heterocycles. The van der Waals surface area contributed by atoms with E-state index in [-0.39, 0.29) is 29.7 Å². The van der Waals surface area contributed by atoms with Gasteiger partial charge in [0.05, 0.1) is 18.3 Å². The van der Waals surface area contributed by atoms with Crippen LogP contribution in [0, 0.1) is 0 Å². The number of rotatable bonds is 3. The predicted molar refractivity (Wildman–Crippen MR) is 72.2 cm³/mol. The molecule has 4 unspecified atom stereocenters. The van der Waals surface area contributed by atoms with Crippen LogP contribution in [0.25, 0.3) is 0 Å². The van der Waals surface area contributed by atoms with Crippen molar-refractivity contribution in [3.05, 3.63) is 12.2 Å². The van der Waals surface area contributed by atoms with Crippen LogP contribution in [0.5, 0.6) is 0 Å². The Morgan fingerprint density at radius 2 is 1.89 bits per heavy atom. The summed E-state index contributed by atoms with van der Waals surface area (Å²) in [7, 11) is 1.66. The molecule has 2 aliphatic rings. The van der Waals surface area contributed by atoms with Crippen molar-refractivity contribution in [3.63, 3.8) is 0 Å². The molecular formula is C13H20O5S. The van der Waals surface area contributed by atoms with Crippen LogP contribution in [0.1, 0.15) is 19.8 Å². The molecule has 1 fully saturated rings. The average molecular weight is 288 g/mol. The summed E-state index contributed by atoms with van der Waals surface area (Å²) < 4.78 is 21.9. The van der Waals surface area contributed by atoms with E-state index in [4.69, 9.17) is 18.9 Å². The highest BCUT2D eigenvalue weighted by Crippen LogP contribution is 2.27. The Balaban J connectivity index is 2.01. The summed E-state index contributed by atoms with van der Waals surface area (Å²) in [6.07, 6.45) is 4.89. The maximum absolute atomic E-state index is 11.6. The Labute approximate surface area is 117 Å². The lowest BCUT2D eigenvalue weighted by atomic mass is 9.97. The SMILES string of the molecule is CCSC(=O)OC1/C=C/C(OC)CC2OCOC2C1. The molecular weight excluding hydrogens is 268 g/mol. The smallest absolute Gasteiger partial charge is 0.367 e. The van der Waals surface area contributed by atoms with Crippen LogP contribution in [-0.4, -0.2) is 49.4 Å². The molecule has 2 rings (SSSR count). The zero-order valence-electron chi connectivity index (χ0n) is 11.2. The molecule has 0 radical (unpaired) electrons. The Hall–Kier alpha value is -0.560. The molecule has 1 heterocycles. The van der Waals surface area contributed by atoms with Crippen molar-refractivity contribution in [3.8, 4) is 0 Å². The van der Waals surface area contributed by atoms with Crippen LogP contribution in [0.15, 0.2) is 12.2 Å². The van der Waals surface area contributed by atoms with Crippen molar-refractivity contribution in [1.82, 2.24) is 0 Å². The number of fused-ring (bicyclic) bond motifs is 1. The molecule has 6 heteroatoms. The third-order valence-corrected chi connectivity index (χ3v) is 3.88. The van der Waals surface area contributed by atoms with E-state index in [0.29, 0.717) is 19.0 Å². The standard InChI is InChI=1S/C13H20O5S/c1-3-19-13(14)18-10-5-4-9(15-2)6-11-12(7-10)17-8-16-11/h4-5,9-12H,3,6-8H2,1-2H3/b5-4+. The van der Waals surface area contributed by atoms with Gasteiger partial charge in [-0.2, -0.15) is 0 Å². The largest absolute Gasteiger partial charge is 0.450 e. The molecule has 0 bridgehead atoms. The van der Waals surface area contributed by atoms with Gasteiger partial charge in [-0.25, -0.2) is 4.79 Å². The van der Waals surface area contributed by atoms with Gasteiger partial charge in [0.15, 0.2) is 0 Å². The van der Waals surface area contributed by atoms with Gasteiger partial charge >= 0.3 is 5.30 Å². The van der Waals surface area contributed by atoms with Gasteiger partial charge < -0.3 is 18.9 Å². The number of methoxy groups -OCH3 is 1. The predicted octanol–water partition coefficient (Wildman–Crippen LogP) is 2.35. The van der Waals surface area contributed by atoms with E-state index in [0.717, 1.165) is 6.42 Å². The number of thioether (sulfide) groups is 1. The van der Waals surface area contributed by atoms with E-state index in [9.17, 15) is 4.79 Å². The third-order valence-electron chi connectivity index (χ3n) is 3.26. The van der Waals surface area contributed by atoms with Crippen LogP contribution >= 0.6 is 11.8 Å². The summed E-state index contributed by atoms with van der Waals surface area (Å²) >= 11 is 1.17. The monoisotopic (exact) mass is 288 g/mol. The quantitative estimate of drug-likeness (QED) is 0.587. The molecule has 0 saturated carbocycles. The van der Waals surface area contributed by atoms with Crippen LogP contribution in [-0.2, 0) is 18.9 Å². The molecule has 0 aromatic carbocycles. The van der Waals surface area contributed by atoms with E-state index < -0.39 is 0 Å². The summed E-state index contributed by atoms with van der Waals surface area (Å²) in [6, 6.07) is 0. The second kappa shape index (κ2) is 7.28. The van der Waals surface area contributed by atoms with Crippen LogP contribution in [0.4, 0.5) is 4.79 Å². The first kappa shape index (κ1) is 14.8. The lowest BCUT2D eigenvalue weighted by Crippen LogP contribution is -2.33. The molecule has 1 aliphatic carbocycles. The molecule has 4 atom stereocenters. The fourth-order valence-corrected chi connectivity index (χ4v) is 2.70. The number of hydrogen-bond acceptors (Lipinski definition) is 6. The summed E-state index contributed by atoms with van der Waals surface area (Å²) in [5, 5.41) is -0.248. The van der Waals surface area contributed by atoms with Crippen LogP contribution in [0.3, 0.4) is 0 Å². The van der Waals surface area contributed by atoms with Crippen LogP contribution in [0.2, 0.25) is 0 Å². The normalized spacial score (nSPS) is 36.1. The Morgan fingerprint density at radius 1 is 1.26 bits per heavy atom. The van der Waals surface area contributed by atoms with Crippen molar-refractivity contribution in [2.45, 2.75) is 44.2 Å². The first-order valence-electron chi connectivity index (χ1n) is 6.50. The lowest BCUT2D eigenvalue weighted by molar-refractivity contribution is 0.0255. The highest BCUT2D eigenvalue weighted by molar-refractivity contribution is 8.13. The van der Waals surface area contributed by atoms with E-state index >= 15 is 0 Å². The second-order valence-electron chi connectivity index (χ2n) is 4.50. The molecule has 0 amide bonds. The lowest BCUT2D eigenvalue weighted by Gasteiger charge is -2.26. The minimum atomic E-state index is -0.279. The highest BCUT2D eigenvalue weighted by atomic mass is 32.2. The molecule has 1 saturated heterocycles. The molecule has 0 N–H and O–H groups in total. The van der Waals surface area contributed by atoms with Crippen LogP contribution < -0.4 is 0 Å². The number of carbonyl (C=O) groups is 1. The van der Waals surface area contributed by atoms with E-state index in [1.54, 1.807) is 7.11 Å². The summed E-state index contributed by atoms with van der Waals surface area (Å²) in [4.78, 5) is 11.6. The molecule has 19 heavy (non-hydrogen) atoms. The second-order valence-corrected chi connectivity index (χ2v) is 5.70. The zero-order chi connectivity index (χ0) is 13.7. The minimum absolute atomic E-state index is 0.00919. The van der Waals surface area contributed by atoms with Gasteiger partial charge in [0.1, 0.15) is 12.9 Å². The van der Waals surface area contributed by atoms with E-state index in [1.165, 1.54) is 11.8 Å². The van der Waals surface area contributed by atoms with Gasteiger partial charge in [-0.05, 0) is 17.8 Å². The summed E-state index contributed by atoms with van der Waals surface area (Å²) in [6.45, 7) is 2.22. The minimum Gasteiger partial charge on any atom is -0.450 e. The fraction of sp³-hybridized carbons (Fsp3) is 0.769. The summed E-state index contributed by atoms with van der Waals surface area (Å²) in [5.74, 6) is 0.710. The Bertz CT molecular complexity index is 333. The van der Waals surface area contributed by atoms with Crippen molar-refractivity contribution < 1.29 is 23.7 Å². The van der Waals surface area contributed by atoms with Gasteiger partial charge in [-0.1, -0.05) is 13.0 Å². The zero-order valence-corrected chi connectivity index (χ0v) is 12.1. The van der Waals surface area contributed by atoms with Gasteiger partial charge in [0.2, 0.25) is 0 Å². The first-order valence-corrected chi connectivity index (χ1v) is 7.49. The van der Waals surface area contributed by atoms with Gasteiger partial charge in [-0.3, -0.25) is 0 Å². The van der Waals surface area contributed by atoms with E-state index in [1.807, 2.05) is 19.1 Å². The Kier molecular flexibility index (Phi) is 5.69. The van der Waals surface area contributed by atoms with E-state index in [2.05, 4.69) is 0 Å². The molecule has 108 valence electrons. The van der Waals surface area contributed by atoms with Gasteiger partial charge in [0.25, 0.3) is 0 Å². The molecule has 5 nitrogen and oxygen atoms in total. The first-order chi connectivity index (χ1) is 9.22. The molecule has 0 aromatic heterocycles. The fourth-order valence-electron chi connectivity index (χ4n) is 2.27. The average Bonchev–Trinajstić information content (AvgIpc) is 2.78. The van der Waals surface area contributed by atoms with Crippen molar-refractivity contribution in [2.24, 2.45) is 0 Å². The number of ether oxygens (including phenoxy) is 4. The topological polar surface area (TPSA) is 54.0 Å². The maximum Gasteiger partial charge on any atom is 0.367 e. The number of hydrogen-bond donors (Lipinski definition) is 0. The molecule has 0 spiro atoms. The Morgan fingerprint density at radius 3 is 2.53 bits per heavy atom. The highest BCUT2D eigenvalue weighted by Gasteiger charge is 2.35. The van der Waals surface area contributed by atoms with Gasteiger partial charge in [-0.15, -0.1) is 0 Å². The third kappa shape index (κ3) is 4.21.